The predicted molar refractivity (Wildman–Crippen MR) is 157 cm³/mol. The molecule has 2 aromatic carbocycles. The van der Waals surface area contributed by atoms with Gasteiger partial charge < -0.3 is 29.0 Å². The van der Waals surface area contributed by atoms with Crippen LogP contribution in [0.4, 0.5) is 0 Å². The van der Waals surface area contributed by atoms with Gasteiger partial charge in [-0.15, -0.1) is 0 Å². The Bertz CT molecular complexity index is 1280. The van der Waals surface area contributed by atoms with Crippen LogP contribution in [-0.2, 0) is 49.4 Å². The number of ketones is 1. The lowest BCUT2D eigenvalue weighted by atomic mass is 10.1. The molecule has 2 atom stereocenters. The molecule has 0 fully saturated rings. The molecule has 0 aromatic heterocycles. The number of carbonyl (C=O) groups is 7. The lowest BCUT2D eigenvalue weighted by Gasteiger charge is -2.23. The number of hydrogen-bond acceptors (Lipinski definition) is 12. The minimum absolute atomic E-state index is 0.0305. The third-order valence-corrected chi connectivity index (χ3v) is 5.28. The summed E-state index contributed by atoms with van der Waals surface area (Å²) in [5.41, 5.74) is 2.48. The minimum Gasteiger partial charge on any atom is -0.465 e. The van der Waals surface area contributed by atoms with Gasteiger partial charge >= 0.3 is 29.8 Å². The van der Waals surface area contributed by atoms with Crippen LogP contribution in [0.15, 0.2) is 42.5 Å². The SMILES string of the molecule is CC.COC(=O)c1cc(C)cc(C(=O)OC)c1.COC(=O)c1ccc(CNC(=O)[C@H](OC(C)=O)[C@@H](OC(C)=O)C(C)=O)cc1. The van der Waals surface area contributed by atoms with Crippen molar-refractivity contribution in [1.29, 1.82) is 0 Å². The Kier molecular flexibility index (Phi) is 17.6. The van der Waals surface area contributed by atoms with Gasteiger partial charge in [-0.2, -0.15) is 0 Å². The third kappa shape index (κ3) is 13.3. The number of Topliss-reactive ketones (excluding diaryl/α,β-unsaturated/α-hetero) is 1. The number of hydrogen-bond donors (Lipinski definition) is 1. The Morgan fingerprint density at radius 3 is 1.43 bits per heavy atom. The summed E-state index contributed by atoms with van der Waals surface area (Å²) in [5, 5.41) is 2.50. The summed E-state index contributed by atoms with van der Waals surface area (Å²) in [6.45, 7) is 9.07. The Morgan fingerprint density at radius 1 is 0.636 bits per heavy atom. The molecular formula is C31H39NO12. The van der Waals surface area contributed by atoms with Gasteiger partial charge in [0.05, 0.1) is 38.0 Å². The van der Waals surface area contributed by atoms with Gasteiger partial charge in [0.1, 0.15) is 0 Å². The number of methoxy groups -OCH3 is 3. The Labute approximate surface area is 256 Å². The van der Waals surface area contributed by atoms with Crippen LogP contribution in [0.5, 0.6) is 0 Å². The van der Waals surface area contributed by atoms with Gasteiger partial charge in [-0.05, 0) is 55.3 Å². The summed E-state index contributed by atoms with van der Waals surface area (Å²) in [7, 11) is 3.85. The molecule has 0 spiro atoms. The smallest absolute Gasteiger partial charge is 0.337 e. The largest absolute Gasteiger partial charge is 0.465 e. The van der Waals surface area contributed by atoms with E-state index in [0.717, 1.165) is 26.3 Å². The molecule has 2 aromatic rings. The number of amides is 1. The average molecular weight is 618 g/mol. The average Bonchev–Trinajstić information content (AvgIpc) is 3.01. The molecule has 13 heteroatoms. The highest BCUT2D eigenvalue weighted by Crippen LogP contribution is 2.12. The molecule has 0 saturated heterocycles. The number of aryl methyl sites for hydroxylation is 1. The van der Waals surface area contributed by atoms with Crippen molar-refractivity contribution in [2.24, 2.45) is 0 Å². The van der Waals surface area contributed by atoms with Crippen LogP contribution in [-0.4, -0.2) is 75.1 Å². The fourth-order valence-corrected chi connectivity index (χ4v) is 3.39. The second-order valence-corrected chi connectivity index (χ2v) is 8.65. The monoisotopic (exact) mass is 617 g/mol. The lowest BCUT2D eigenvalue weighted by molar-refractivity contribution is -0.173. The van der Waals surface area contributed by atoms with Crippen LogP contribution in [0.1, 0.15) is 76.8 Å². The van der Waals surface area contributed by atoms with Crippen molar-refractivity contribution in [2.75, 3.05) is 21.3 Å². The normalized spacial score (nSPS) is 10.9. The Morgan fingerprint density at radius 2 is 1.05 bits per heavy atom. The van der Waals surface area contributed by atoms with Gasteiger partial charge in [0.15, 0.2) is 5.78 Å². The van der Waals surface area contributed by atoms with Crippen molar-refractivity contribution in [2.45, 2.75) is 60.3 Å². The molecule has 0 aliphatic carbocycles. The Hall–Kier alpha value is -5.07. The maximum atomic E-state index is 12.4. The van der Waals surface area contributed by atoms with Crippen LogP contribution in [0.25, 0.3) is 0 Å². The summed E-state index contributed by atoms with van der Waals surface area (Å²) < 4.78 is 23.4. The van der Waals surface area contributed by atoms with Crippen LogP contribution < -0.4 is 5.32 Å². The fraction of sp³-hybridized carbons (Fsp3) is 0.387. The molecule has 0 aliphatic heterocycles. The second-order valence-electron chi connectivity index (χ2n) is 8.65. The van der Waals surface area contributed by atoms with Crippen molar-refractivity contribution in [3.8, 4) is 0 Å². The van der Waals surface area contributed by atoms with Crippen LogP contribution in [0.2, 0.25) is 0 Å². The summed E-state index contributed by atoms with van der Waals surface area (Å²) in [6.07, 6.45) is -3.16. The fourth-order valence-electron chi connectivity index (χ4n) is 3.39. The van der Waals surface area contributed by atoms with E-state index in [1.807, 2.05) is 13.8 Å². The number of esters is 5. The number of benzene rings is 2. The molecule has 0 unspecified atom stereocenters. The summed E-state index contributed by atoms with van der Waals surface area (Å²) in [4.78, 5) is 80.5. The van der Waals surface area contributed by atoms with Crippen molar-refractivity contribution in [1.82, 2.24) is 5.32 Å². The highest BCUT2D eigenvalue weighted by Gasteiger charge is 2.37. The summed E-state index contributed by atoms with van der Waals surface area (Å²) in [5.74, 6) is -4.48. The topological polar surface area (TPSA) is 178 Å². The maximum Gasteiger partial charge on any atom is 0.337 e. The zero-order valence-electron chi connectivity index (χ0n) is 26.3. The van der Waals surface area contributed by atoms with E-state index in [1.54, 1.807) is 31.2 Å². The van der Waals surface area contributed by atoms with Crippen LogP contribution in [0.3, 0.4) is 0 Å². The van der Waals surface area contributed by atoms with E-state index in [0.29, 0.717) is 22.3 Å². The molecular weight excluding hydrogens is 578 g/mol. The van der Waals surface area contributed by atoms with Crippen LogP contribution >= 0.6 is 0 Å². The summed E-state index contributed by atoms with van der Waals surface area (Å²) in [6, 6.07) is 11.0. The van der Waals surface area contributed by atoms with Gasteiger partial charge in [0.2, 0.25) is 12.2 Å². The number of carbonyl (C=O) groups excluding carboxylic acids is 7. The van der Waals surface area contributed by atoms with Gasteiger partial charge in [-0.1, -0.05) is 26.0 Å². The summed E-state index contributed by atoms with van der Waals surface area (Å²) >= 11 is 0. The molecule has 44 heavy (non-hydrogen) atoms. The first kappa shape index (κ1) is 38.9. The predicted octanol–water partition coefficient (Wildman–Crippen LogP) is 3.14. The zero-order valence-corrected chi connectivity index (χ0v) is 26.3. The van der Waals surface area contributed by atoms with E-state index in [2.05, 4.69) is 19.5 Å². The standard InChI is InChI=1S/C18H21NO8.C11H12O4.C2H6/c1-10(20)15(26-11(2)21)16(27-12(3)22)17(23)19-9-13-5-7-14(8-6-13)18(24)25-4;1-7-4-8(10(12)14-2)6-9(5-7)11(13)15-3;1-2/h5-8,15-16H,9H2,1-4H3,(H,19,23);4-6H,1-3H3;1-2H3/t15-,16+;;/m0../s1. The second kappa shape index (κ2) is 19.9. The molecule has 0 radical (unpaired) electrons. The van der Waals surface area contributed by atoms with Crippen molar-refractivity contribution >= 4 is 41.5 Å². The molecule has 13 nitrogen and oxygen atoms in total. The molecule has 2 rings (SSSR count). The molecule has 1 N–H and O–H groups in total. The van der Waals surface area contributed by atoms with Gasteiger partial charge in [0.25, 0.3) is 5.91 Å². The first-order valence-corrected chi connectivity index (χ1v) is 13.3. The lowest BCUT2D eigenvalue weighted by Crippen LogP contribution is -2.49. The van der Waals surface area contributed by atoms with E-state index in [-0.39, 0.29) is 6.54 Å². The molecule has 0 aliphatic rings. The van der Waals surface area contributed by atoms with Crippen molar-refractivity contribution < 1.29 is 57.2 Å². The van der Waals surface area contributed by atoms with E-state index in [4.69, 9.17) is 9.47 Å². The maximum absolute atomic E-state index is 12.4. The van der Waals surface area contributed by atoms with Gasteiger partial charge in [-0.25, -0.2) is 14.4 Å². The van der Waals surface area contributed by atoms with Crippen molar-refractivity contribution in [3.05, 3.63) is 70.3 Å². The first-order chi connectivity index (χ1) is 20.7. The van der Waals surface area contributed by atoms with E-state index in [1.165, 1.54) is 39.5 Å². The van der Waals surface area contributed by atoms with Crippen LogP contribution in [0, 0.1) is 6.92 Å². The molecule has 0 bridgehead atoms. The first-order valence-electron chi connectivity index (χ1n) is 13.3. The zero-order chi connectivity index (χ0) is 34.0. The third-order valence-electron chi connectivity index (χ3n) is 5.28. The number of rotatable bonds is 10. The number of ether oxygens (including phenoxy) is 5. The molecule has 0 heterocycles. The number of nitrogens with one attached hydrogen (secondary N) is 1. The van der Waals surface area contributed by atoms with Gasteiger partial charge in [0, 0.05) is 20.4 Å². The van der Waals surface area contributed by atoms with E-state index >= 15 is 0 Å². The minimum atomic E-state index is -1.61. The van der Waals surface area contributed by atoms with Crippen molar-refractivity contribution in [3.63, 3.8) is 0 Å². The highest BCUT2D eigenvalue weighted by molar-refractivity contribution is 5.96. The van der Waals surface area contributed by atoms with Gasteiger partial charge in [-0.3, -0.25) is 19.2 Å². The Balaban J connectivity index is 0.000000916. The highest BCUT2D eigenvalue weighted by atomic mass is 16.6. The quantitative estimate of drug-likeness (QED) is 0.305. The van der Waals surface area contributed by atoms with E-state index < -0.39 is 53.7 Å². The molecule has 240 valence electrons. The molecule has 0 saturated carbocycles. The molecule has 1 amide bonds. The van der Waals surface area contributed by atoms with E-state index in [9.17, 15) is 33.6 Å².